The molecule has 0 unspecified atom stereocenters. The minimum atomic E-state index is -1.30. The van der Waals surface area contributed by atoms with E-state index in [-0.39, 0.29) is 6.79 Å². The summed E-state index contributed by atoms with van der Waals surface area (Å²) >= 11 is 5.99. The van der Waals surface area contributed by atoms with Gasteiger partial charge in [-0.15, -0.1) is 0 Å². The van der Waals surface area contributed by atoms with E-state index in [9.17, 15) is 9.90 Å². The van der Waals surface area contributed by atoms with Gasteiger partial charge in [0.1, 0.15) is 6.10 Å². The number of ether oxygens (including phenoxy) is 2. The fourth-order valence-corrected chi connectivity index (χ4v) is 2.28. The van der Waals surface area contributed by atoms with Crippen LogP contribution in [0.2, 0.25) is 5.02 Å². The molecule has 102 valence electrons. The summed E-state index contributed by atoms with van der Waals surface area (Å²) in [5, 5.41) is 10.5. The van der Waals surface area contributed by atoms with Gasteiger partial charge in [0.25, 0.3) is 0 Å². The number of Topliss-reactive ketones (excluding diaryl/α,β-unsaturated/α-hetero) is 1. The Labute approximate surface area is 120 Å². The summed E-state index contributed by atoms with van der Waals surface area (Å²) < 4.78 is 10.4. The molecule has 1 atom stereocenters. The molecule has 1 aliphatic rings. The van der Waals surface area contributed by atoms with Crippen LogP contribution < -0.4 is 9.47 Å². The fraction of sp³-hybridized carbons (Fsp3) is 0.133. The molecule has 0 saturated carbocycles. The highest BCUT2D eigenvalue weighted by Crippen LogP contribution is 2.34. The van der Waals surface area contributed by atoms with E-state index in [0.717, 1.165) is 0 Å². The van der Waals surface area contributed by atoms with E-state index in [1.807, 2.05) is 0 Å². The molecule has 4 nitrogen and oxygen atoms in total. The van der Waals surface area contributed by atoms with E-state index in [2.05, 4.69) is 0 Å². The minimum absolute atomic E-state index is 0.139. The fourth-order valence-electron chi connectivity index (χ4n) is 2.05. The zero-order valence-corrected chi connectivity index (χ0v) is 11.1. The number of ketones is 1. The zero-order valence-electron chi connectivity index (χ0n) is 10.4. The number of rotatable bonds is 3. The van der Waals surface area contributed by atoms with Crippen LogP contribution in [0.25, 0.3) is 0 Å². The summed E-state index contributed by atoms with van der Waals surface area (Å²) in [7, 11) is 0. The summed E-state index contributed by atoms with van der Waals surface area (Å²) in [5.41, 5.74) is 0.735. The van der Waals surface area contributed by atoms with Crippen molar-refractivity contribution in [3.63, 3.8) is 0 Å². The smallest absolute Gasteiger partial charge is 0.231 e. The van der Waals surface area contributed by atoms with Gasteiger partial charge >= 0.3 is 0 Å². The predicted octanol–water partition coefficient (Wildman–Crippen LogP) is 2.99. The molecule has 2 aromatic rings. The second-order valence-electron chi connectivity index (χ2n) is 4.36. The molecular weight excluding hydrogens is 280 g/mol. The molecule has 20 heavy (non-hydrogen) atoms. The van der Waals surface area contributed by atoms with Crippen LogP contribution in [0.1, 0.15) is 22.0 Å². The molecular formula is C15H11ClO4. The minimum Gasteiger partial charge on any atom is -0.454 e. The SMILES string of the molecule is O=C(c1ccc2c(c1)OCO2)[C@H](O)c1ccccc1Cl. The van der Waals surface area contributed by atoms with Crippen molar-refractivity contribution in [2.24, 2.45) is 0 Å². The van der Waals surface area contributed by atoms with Gasteiger partial charge in [-0.05, 0) is 24.3 Å². The Morgan fingerprint density at radius 1 is 1.15 bits per heavy atom. The lowest BCUT2D eigenvalue weighted by atomic mass is 9.99. The van der Waals surface area contributed by atoms with Crippen molar-refractivity contribution in [3.05, 3.63) is 58.6 Å². The van der Waals surface area contributed by atoms with Crippen LogP contribution in [0.5, 0.6) is 11.5 Å². The predicted molar refractivity (Wildman–Crippen MR) is 73.3 cm³/mol. The van der Waals surface area contributed by atoms with Crippen molar-refractivity contribution in [1.29, 1.82) is 0 Å². The van der Waals surface area contributed by atoms with Crippen LogP contribution in [0.4, 0.5) is 0 Å². The molecule has 0 saturated heterocycles. The lowest BCUT2D eigenvalue weighted by Crippen LogP contribution is -2.12. The van der Waals surface area contributed by atoms with Crippen molar-refractivity contribution in [3.8, 4) is 11.5 Å². The number of aliphatic hydroxyl groups excluding tert-OH is 1. The van der Waals surface area contributed by atoms with Crippen LogP contribution in [0.3, 0.4) is 0 Å². The van der Waals surface area contributed by atoms with Crippen LogP contribution in [-0.2, 0) is 0 Å². The third-order valence-electron chi connectivity index (χ3n) is 3.11. The number of fused-ring (bicyclic) bond motifs is 1. The highest BCUT2D eigenvalue weighted by atomic mass is 35.5. The van der Waals surface area contributed by atoms with Crippen molar-refractivity contribution < 1.29 is 19.4 Å². The monoisotopic (exact) mass is 290 g/mol. The van der Waals surface area contributed by atoms with Crippen LogP contribution >= 0.6 is 11.6 Å². The first-order chi connectivity index (χ1) is 9.66. The topological polar surface area (TPSA) is 55.8 Å². The second-order valence-corrected chi connectivity index (χ2v) is 4.76. The molecule has 0 amide bonds. The van der Waals surface area contributed by atoms with Crippen LogP contribution in [0.15, 0.2) is 42.5 Å². The molecule has 2 aromatic carbocycles. The van der Waals surface area contributed by atoms with Crippen molar-refractivity contribution >= 4 is 17.4 Å². The van der Waals surface area contributed by atoms with Gasteiger partial charge in [0, 0.05) is 16.1 Å². The summed E-state index contributed by atoms with van der Waals surface area (Å²) in [5.74, 6) is 0.660. The van der Waals surface area contributed by atoms with E-state index in [1.165, 1.54) is 0 Å². The maximum atomic E-state index is 12.3. The number of hydrogen-bond donors (Lipinski definition) is 1. The summed E-state index contributed by atoms with van der Waals surface area (Å²) in [6.07, 6.45) is -1.30. The Balaban J connectivity index is 1.91. The van der Waals surface area contributed by atoms with E-state index in [0.29, 0.717) is 27.6 Å². The molecule has 0 aliphatic carbocycles. The van der Waals surface area contributed by atoms with Crippen molar-refractivity contribution in [1.82, 2.24) is 0 Å². The lowest BCUT2D eigenvalue weighted by Gasteiger charge is -2.12. The summed E-state index contributed by atoms with van der Waals surface area (Å²) in [4.78, 5) is 12.3. The largest absolute Gasteiger partial charge is 0.454 e. The first-order valence-corrected chi connectivity index (χ1v) is 6.41. The van der Waals surface area contributed by atoms with Crippen molar-refractivity contribution in [2.45, 2.75) is 6.10 Å². The molecule has 0 spiro atoms. The van der Waals surface area contributed by atoms with Gasteiger partial charge in [0.2, 0.25) is 6.79 Å². The van der Waals surface area contributed by atoms with Crippen molar-refractivity contribution in [2.75, 3.05) is 6.79 Å². The molecule has 1 aliphatic heterocycles. The van der Waals surface area contributed by atoms with E-state index < -0.39 is 11.9 Å². The Kier molecular flexibility index (Phi) is 3.34. The number of hydrogen-bond acceptors (Lipinski definition) is 4. The third kappa shape index (κ3) is 2.24. The van der Waals surface area contributed by atoms with Gasteiger partial charge in [-0.1, -0.05) is 29.8 Å². The number of halogens is 1. The third-order valence-corrected chi connectivity index (χ3v) is 3.45. The van der Waals surface area contributed by atoms with Gasteiger partial charge in [-0.25, -0.2) is 0 Å². The first kappa shape index (κ1) is 13.0. The van der Waals surface area contributed by atoms with E-state index in [4.69, 9.17) is 21.1 Å². The second kappa shape index (κ2) is 5.15. The maximum Gasteiger partial charge on any atom is 0.231 e. The average Bonchev–Trinajstić information content (AvgIpc) is 2.93. The number of carbonyl (C=O) groups is 1. The lowest BCUT2D eigenvalue weighted by molar-refractivity contribution is 0.0747. The van der Waals surface area contributed by atoms with Gasteiger partial charge in [-0.3, -0.25) is 4.79 Å². The standard InChI is InChI=1S/C15H11ClO4/c16-11-4-2-1-3-10(11)15(18)14(17)9-5-6-12-13(7-9)20-8-19-12/h1-7,15,18H,8H2/t15-/m1/s1. The van der Waals surface area contributed by atoms with Gasteiger partial charge in [-0.2, -0.15) is 0 Å². The Bertz CT molecular complexity index is 669. The molecule has 0 aromatic heterocycles. The van der Waals surface area contributed by atoms with E-state index in [1.54, 1.807) is 42.5 Å². The molecule has 1 heterocycles. The number of aliphatic hydroxyl groups is 1. The Morgan fingerprint density at radius 3 is 2.70 bits per heavy atom. The van der Waals surface area contributed by atoms with E-state index >= 15 is 0 Å². The number of benzene rings is 2. The summed E-state index contributed by atoms with van der Waals surface area (Å²) in [6, 6.07) is 11.5. The number of carbonyl (C=O) groups excluding carboxylic acids is 1. The summed E-state index contributed by atoms with van der Waals surface area (Å²) in [6.45, 7) is 0.139. The molecule has 0 bridgehead atoms. The zero-order chi connectivity index (χ0) is 14.1. The first-order valence-electron chi connectivity index (χ1n) is 6.03. The Morgan fingerprint density at radius 2 is 1.90 bits per heavy atom. The van der Waals surface area contributed by atoms with Gasteiger partial charge < -0.3 is 14.6 Å². The molecule has 0 fully saturated rings. The normalized spacial score (nSPS) is 14.1. The highest BCUT2D eigenvalue weighted by Gasteiger charge is 2.23. The average molecular weight is 291 g/mol. The molecule has 0 radical (unpaired) electrons. The van der Waals surface area contributed by atoms with Gasteiger partial charge in [0.15, 0.2) is 17.3 Å². The molecule has 3 rings (SSSR count). The molecule has 1 N–H and O–H groups in total. The highest BCUT2D eigenvalue weighted by molar-refractivity contribution is 6.31. The maximum absolute atomic E-state index is 12.3. The van der Waals surface area contributed by atoms with Crippen LogP contribution in [0, 0.1) is 0 Å². The quantitative estimate of drug-likeness (QED) is 0.883. The Hall–Kier alpha value is -2.04. The van der Waals surface area contributed by atoms with Gasteiger partial charge in [0.05, 0.1) is 0 Å². The van der Waals surface area contributed by atoms with Crippen LogP contribution in [-0.4, -0.2) is 17.7 Å². The molecule has 5 heteroatoms.